The van der Waals surface area contributed by atoms with E-state index >= 15 is 0 Å². The van der Waals surface area contributed by atoms with E-state index in [1.807, 2.05) is 6.92 Å². The molecular weight excluding hydrogens is 318 g/mol. The van der Waals surface area contributed by atoms with Crippen LogP contribution in [0.3, 0.4) is 0 Å². The van der Waals surface area contributed by atoms with Gasteiger partial charge in [-0.1, -0.05) is 35.0 Å². The van der Waals surface area contributed by atoms with E-state index in [1.165, 1.54) is 15.6 Å². The molecular formula is C16H20BrNO2. The number of rotatable bonds is 3. The predicted octanol–water partition coefficient (Wildman–Crippen LogP) is 3.62. The van der Waals surface area contributed by atoms with Gasteiger partial charge < -0.3 is 5.11 Å². The average Bonchev–Trinajstić information content (AvgIpc) is 3.03. The Hall–Kier alpha value is -0.870. The molecule has 2 atom stereocenters. The molecule has 108 valence electrons. The van der Waals surface area contributed by atoms with Crippen molar-refractivity contribution in [3.63, 3.8) is 0 Å². The third-order valence-electron chi connectivity index (χ3n) is 5.14. The van der Waals surface area contributed by atoms with Crippen LogP contribution in [-0.2, 0) is 11.2 Å². The van der Waals surface area contributed by atoms with Crippen LogP contribution in [0.25, 0.3) is 0 Å². The summed E-state index contributed by atoms with van der Waals surface area (Å²) in [5, 5.41) is 9.53. The van der Waals surface area contributed by atoms with E-state index in [0.29, 0.717) is 12.6 Å². The lowest BCUT2D eigenvalue weighted by Gasteiger charge is -2.27. The van der Waals surface area contributed by atoms with Crippen molar-refractivity contribution >= 4 is 21.9 Å². The van der Waals surface area contributed by atoms with Crippen molar-refractivity contribution in [2.45, 2.75) is 38.6 Å². The quantitative estimate of drug-likeness (QED) is 0.915. The van der Waals surface area contributed by atoms with Gasteiger partial charge in [-0.25, -0.2) is 0 Å². The number of carboxylic acid groups (broad SMARTS) is 1. The lowest BCUT2D eigenvalue weighted by Crippen LogP contribution is -2.35. The summed E-state index contributed by atoms with van der Waals surface area (Å²) in [6, 6.07) is 6.78. The molecule has 0 bridgehead atoms. The number of hydrogen-bond acceptors (Lipinski definition) is 2. The molecule has 4 heteroatoms. The van der Waals surface area contributed by atoms with Gasteiger partial charge in [-0.2, -0.15) is 0 Å². The van der Waals surface area contributed by atoms with E-state index in [1.54, 1.807) is 0 Å². The fourth-order valence-corrected chi connectivity index (χ4v) is 4.33. The minimum Gasteiger partial charge on any atom is -0.481 e. The summed E-state index contributed by atoms with van der Waals surface area (Å²) in [6.45, 7) is 3.59. The van der Waals surface area contributed by atoms with Gasteiger partial charge in [0, 0.05) is 17.1 Å². The van der Waals surface area contributed by atoms with Crippen LogP contribution in [0.4, 0.5) is 0 Å². The lowest BCUT2D eigenvalue weighted by molar-refractivity contribution is -0.148. The molecule has 0 spiro atoms. The molecule has 0 amide bonds. The molecule has 0 radical (unpaired) electrons. The standard InChI is InChI=1S/C16H20BrNO2/c1-2-16(15(19)20)8-9-18(10-16)14-7-6-11-12(14)4-3-5-13(11)17/h3-5,14H,2,6-10H2,1H3,(H,19,20). The van der Waals surface area contributed by atoms with E-state index in [9.17, 15) is 9.90 Å². The maximum Gasteiger partial charge on any atom is 0.310 e. The van der Waals surface area contributed by atoms with Crippen LogP contribution in [0.2, 0.25) is 0 Å². The van der Waals surface area contributed by atoms with Crippen LogP contribution >= 0.6 is 15.9 Å². The molecule has 0 saturated carbocycles. The molecule has 20 heavy (non-hydrogen) atoms. The molecule has 1 fully saturated rings. The first-order valence-corrected chi connectivity index (χ1v) is 8.11. The minimum absolute atomic E-state index is 0.398. The average molecular weight is 338 g/mol. The maximum absolute atomic E-state index is 11.6. The highest BCUT2D eigenvalue weighted by molar-refractivity contribution is 9.10. The molecule has 1 aromatic carbocycles. The van der Waals surface area contributed by atoms with Crippen molar-refractivity contribution in [3.8, 4) is 0 Å². The number of hydrogen-bond donors (Lipinski definition) is 1. The van der Waals surface area contributed by atoms with E-state index in [-0.39, 0.29) is 0 Å². The smallest absolute Gasteiger partial charge is 0.310 e. The van der Waals surface area contributed by atoms with E-state index in [2.05, 4.69) is 39.0 Å². The van der Waals surface area contributed by atoms with Gasteiger partial charge in [0.25, 0.3) is 0 Å². The Bertz CT molecular complexity index is 545. The molecule has 1 aromatic rings. The number of aliphatic carboxylic acids is 1. The largest absolute Gasteiger partial charge is 0.481 e. The fraction of sp³-hybridized carbons (Fsp3) is 0.562. The zero-order valence-electron chi connectivity index (χ0n) is 11.7. The van der Waals surface area contributed by atoms with Crippen molar-refractivity contribution in [1.82, 2.24) is 4.90 Å². The van der Waals surface area contributed by atoms with Crippen molar-refractivity contribution in [2.24, 2.45) is 5.41 Å². The van der Waals surface area contributed by atoms with Crippen molar-refractivity contribution in [2.75, 3.05) is 13.1 Å². The van der Waals surface area contributed by atoms with E-state index < -0.39 is 11.4 Å². The highest BCUT2D eigenvalue weighted by Crippen LogP contribution is 2.44. The zero-order valence-corrected chi connectivity index (χ0v) is 13.3. The van der Waals surface area contributed by atoms with Gasteiger partial charge in [0.1, 0.15) is 0 Å². The van der Waals surface area contributed by atoms with E-state index in [0.717, 1.165) is 32.2 Å². The molecule has 3 nitrogen and oxygen atoms in total. The molecule has 2 aliphatic rings. The number of carboxylic acids is 1. The Morgan fingerprint density at radius 2 is 2.35 bits per heavy atom. The van der Waals surface area contributed by atoms with Gasteiger partial charge in [-0.15, -0.1) is 0 Å². The second kappa shape index (κ2) is 5.15. The lowest BCUT2D eigenvalue weighted by atomic mass is 9.84. The Balaban J connectivity index is 1.84. The predicted molar refractivity (Wildman–Crippen MR) is 81.8 cm³/mol. The third-order valence-corrected chi connectivity index (χ3v) is 5.88. The Morgan fingerprint density at radius 1 is 1.55 bits per heavy atom. The second-order valence-electron chi connectivity index (χ2n) is 6.02. The first-order valence-electron chi connectivity index (χ1n) is 7.32. The van der Waals surface area contributed by atoms with Gasteiger partial charge in [-0.05, 0) is 49.4 Å². The van der Waals surface area contributed by atoms with Gasteiger partial charge in [0.15, 0.2) is 0 Å². The molecule has 3 rings (SSSR count). The number of carbonyl (C=O) groups is 1. The molecule has 1 aliphatic heterocycles. The number of nitrogens with zero attached hydrogens (tertiary/aromatic N) is 1. The van der Waals surface area contributed by atoms with Crippen LogP contribution in [0.1, 0.15) is 43.4 Å². The van der Waals surface area contributed by atoms with Crippen LogP contribution in [0.15, 0.2) is 22.7 Å². The summed E-state index contributed by atoms with van der Waals surface area (Å²) in [5.41, 5.74) is 2.26. The van der Waals surface area contributed by atoms with Crippen LogP contribution in [0, 0.1) is 5.41 Å². The SMILES string of the molecule is CCC1(C(=O)O)CCN(C2CCc3c(Br)cccc32)C1. The number of fused-ring (bicyclic) bond motifs is 1. The number of halogens is 1. The van der Waals surface area contributed by atoms with Crippen molar-refractivity contribution < 1.29 is 9.90 Å². The second-order valence-corrected chi connectivity index (χ2v) is 6.88. The van der Waals surface area contributed by atoms with Crippen LogP contribution in [0.5, 0.6) is 0 Å². The zero-order chi connectivity index (χ0) is 14.3. The Morgan fingerprint density at radius 3 is 3.00 bits per heavy atom. The summed E-state index contributed by atoms with van der Waals surface area (Å²) in [7, 11) is 0. The van der Waals surface area contributed by atoms with Crippen LogP contribution in [-0.4, -0.2) is 29.1 Å². The summed E-state index contributed by atoms with van der Waals surface area (Å²) in [6.07, 6.45) is 3.69. The first-order chi connectivity index (χ1) is 9.57. The van der Waals surface area contributed by atoms with Gasteiger partial charge in [-0.3, -0.25) is 9.69 Å². The molecule has 1 aliphatic carbocycles. The molecule has 1 N–H and O–H groups in total. The maximum atomic E-state index is 11.6. The Kier molecular flexibility index (Phi) is 3.63. The summed E-state index contributed by atoms with van der Waals surface area (Å²) < 4.78 is 1.19. The monoisotopic (exact) mass is 337 g/mol. The van der Waals surface area contributed by atoms with Crippen molar-refractivity contribution in [1.29, 1.82) is 0 Å². The summed E-state index contributed by atoms with van der Waals surface area (Å²) >= 11 is 3.63. The highest BCUT2D eigenvalue weighted by atomic mass is 79.9. The molecule has 1 heterocycles. The van der Waals surface area contributed by atoms with Crippen LogP contribution < -0.4 is 0 Å². The third kappa shape index (κ3) is 2.09. The number of likely N-dealkylation sites (tertiary alicyclic amines) is 1. The summed E-state index contributed by atoms with van der Waals surface area (Å²) in [4.78, 5) is 14.0. The summed E-state index contributed by atoms with van der Waals surface area (Å²) in [5.74, 6) is -0.630. The Labute approximate surface area is 128 Å². The topological polar surface area (TPSA) is 40.5 Å². The fourth-order valence-electron chi connectivity index (χ4n) is 3.75. The minimum atomic E-state index is -0.630. The first kappa shape index (κ1) is 14.1. The molecule has 1 saturated heterocycles. The van der Waals surface area contributed by atoms with Crippen molar-refractivity contribution in [3.05, 3.63) is 33.8 Å². The highest BCUT2D eigenvalue weighted by Gasteiger charge is 2.46. The number of benzene rings is 1. The molecule has 0 aromatic heterocycles. The van der Waals surface area contributed by atoms with Gasteiger partial charge in [0.05, 0.1) is 5.41 Å². The van der Waals surface area contributed by atoms with E-state index in [4.69, 9.17) is 0 Å². The van der Waals surface area contributed by atoms with Gasteiger partial charge >= 0.3 is 5.97 Å². The normalized spacial score (nSPS) is 29.6. The van der Waals surface area contributed by atoms with Gasteiger partial charge in [0.2, 0.25) is 0 Å². The molecule has 2 unspecified atom stereocenters.